The van der Waals surface area contributed by atoms with Gasteiger partial charge < -0.3 is 14.7 Å². The fourth-order valence-electron chi connectivity index (χ4n) is 3.47. The Labute approximate surface area is 136 Å². The Hall–Kier alpha value is -1.57. The Kier molecular flexibility index (Phi) is 5.20. The van der Waals surface area contributed by atoms with Crippen molar-refractivity contribution in [1.82, 2.24) is 19.8 Å². The van der Waals surface area contributed by atoms with Crippen molar-refractivity contribution in [3.05, 3.63) is 24.3 Å². The highest BCUT2D eigenvalue weighted by molar-refractivity contribution is 5.92. The Bertz CT molecular complexity index is 519. The van der Waals surface area contributed by atoms with Crippen LogP contribution in [-0.4, -0.2) is 81.8 Å². The van der Waals surface area contributed by atoms with E-state index in [0.29, 0.717) is 38.0 Å². The normalized spacial score (nSPS) is 26.6. The molecule has 1 aromatic heterocycles. The number of carbonyl (C=O) groups is 1. The van der Waals surface area contributed by atoms with Crippen molar-refractivity contribution in [2.45, 2.75) is 38.0 Å². The fraction of sp³-hybridized carbons (Fsp3) is 0.688. The van der Waals surface area contributed by atoms with E-state index in [1.807, 2.05) is 11.8 Å². The van der Waals surface area contributed by atoms with Gasteiger partial charge in [-0.05, 0) is 19.8 Å². The summed E-state index contributed by atoms with van der Waals surface area (Å²) in [5.41, 5.74) is 0.402. The van der Waals surface area contributed by atoms with Gasteiger partial charge >= 0.3 is 0 Å². The third-order valence-electron chi connectivity index (χ3n) is 4.70. The molecule has 1 amide bonds. The van der Waals surface area contributed by atoms with Crippen molar-refractivity contribution in [3.63, 3.8) is 0 Å². The number of likely N-dealkylation sites (tertiary alicyclic amines) is 2. The van der Waals surface area contributed by atoms with E-state index in [-0.39, 0.29) is 12.0 Å². The van der Waals surface area contributed by atoms with Gasteiger partial charge in [-0.1, -0.05) is 0 Å². The smallest absolute Gasteiger partial charge is 0.274 e. The van der Waals surface area contributed by atoms with Gasteiger partial charge in [-0.15, -0.1) is 0 Å². The van der Waals surface area contributed by atoms with Gasteiger partial charge in [0, 0.05) is 51.2 Å². The van der Waals surface area contributed by atoms with E-state index < -0.39 is 6.10 Å². The van der Waals surface area contributed by atoms with E-state index in [2.05, 4.69) is 14.9 Å². The molecule has 0 radical (unpaired) electrons. The average molecular weight is 320 g/mol. The van der Waals surface area contributed by atoms with Crippen LogP contribution in [0, 0.1) is 0 Å². The number of β-amino-alcohol motifs (C(OH)–C–C–N with tert-alkyl or cyclic N) is 1. The Morgan fingerprint density at radius 3 is 2.78 bits per heavy atom. The van der Waals surface area contributed by atoms with Crippen LogP contribution in [0.5, 0.6) is 0 Å². The molecule has 2 atom stereocenters. The Morgan fingerprint density at radius 1 is 1.35 bits per heavy atom. The minimum Gasteiger partial charge on any atom is -0.389 e. The van der Waals surface area contributed by atoms with Crippen LogP contribution in [-0.2, 0) is 4.74 Å². The first kappa shape index (κ1) is 16.3. The SMILES string of the molecule is CCO[C@H]1CN(C2CCN(C(=O)c3cnccn3)CC2)C[C@@H]1O. The predicted molar refractivity (Wildman–Crippen MR) is 84.0 cm³/mol. The fourth-order valence-corrected chi connectivity index (χ4v) is 3.47. The molecular weight excluding hydrogens is 296 g/mol. The van der Waals surface area contributed by atoms with Crippen molar-refractivity contribution in [1.29, 1.82) is 0 Å². The molecule has 126 valence electrons. The number of amides is 1. The molecule has 0 unspecified atom stereocenters. The quantitative estimate of drug-likeness (QED) is 0.851. The number of nitrogens with zero attached hydrogens (tertiary/aromatic N) is 4. The summed E-state index contributed by atoms with van der Waals surface area (Å²) in [6.07, 6.45) is 5.96. The zero-order valence-electron chi connectivity index (χ0n) is 13.5. The number of aliphatic hydroxyl groups is 1. The first-order valence-electron chi connectivity index (χ1n) is 8.28. The standard InChI is InChI=1S/C16H24N4O3/c1-2-23-15-11-20(10-14(15)21)12-3-7-19(8-4-12)16(22)13-9-17-5-6-18-13/h5-6,9,12,14-15,21H,2-4,7-8,10-11H2,1H3/t14-,15-/m0/s1. The summed E-state index contributed by atoms with van der Waals surface area (Å²) in [6, 6.07) is 0.404. The molecule has 1 aromatic rings. The summed E-state index contributed by atoms with van der Waals surface area (Å²) in [4.78, 5) is 24.5. The summed E-state index contributed by atoms with van der Waals surface area (Å²) in [5, 5.41) is 10.1. The van der Waals surface area contributed by atoms with Gasteiger partial charge in [0.2, 0.25) is 0 Å². The highest BCUT2D eigenvalue weighted by atomic mass is 16.5. The molecule has 0 saturated carbocycles. The maximum absolute atomic E-state index is 12.4. The summed E-state index contributed by atoms with van der Waals surface area (Å²) in [7, 11) is 0. The van der Waals surface area contributed by atoms with Crippen LogP contribution in [0.4, 0.5) is 0 Å². The summed E-state index contributed by atoms with van der Waals surface area (Å²) < 4.78 is 5.58. The molecule has 23 heavy (non-hydrogen) atoms. The van der Waals surface area contributed by atoms with E-state index in [0.717, 1.165) is 19.4 Å². The second kappa shape index (κ2) is 7.33. The van der Waals surface area contributed by atoms with Gasteiger partial charge in [0.05, 0.1) is 18.4 Å². The molecule has 0 bridgehead atoms. The van der Waals surface area contributed by atoms with Crippen molar-refractivity contribution in [2.24, 2.45) is 0 Å². The topological polar surface area (TPSA) is 78.8 Å². The molecule has 0 spiro atoms. The van der Waals surface area contributed by atoms with Crippen molar-refractivity contribution in [2.75, 3.05) is 32.8 Å². The number of hydrogen-bond acceptors (Lipinski definition) is 6. The van der Waals surface area contributed by atoms with Gasteiger partial charge in [-0.3, -0.25) is 14.7 Å². The zero-order chi connectivity index (χ0) is 16.2. The second-order valence-electron chi connectivity index (χ2n) is 6.13. The average Bonchev–Trinajstić information content (AvgIpc) is 2.96. The molecule has 3 rings (SSSR count). The molecule has 2 aliphatic rings. The van der Waals surface area contributed by atoms with Gasteiger partial charge in [-0.2, -0.15) is 0 Å². The summed E-state index contributed by atoms with van der Waals surface area (Å²) in [5.74, 6) is -0.0507. The lowest BCUT2D eigenvalue weighted by atomic mass is 10.0. The number of ether oxygens (including phenoxy) is 1. The van der Waals surface area contributed by atoms with Gasteiger partial charge in [0.1, 0.15) is 5.69 Å². The third kappa shape index (κ3) is 3.68. The van der Waals surface area contributed by atoms with E-state index in [9.17, 15) is 9.90 Å². The lowest BCUT2D eigenvalue weighted by molar-refractivity contribution is -0.00280. The van der Waals surface area contributed by atoms with Crippen LogP contribution in [0.15, 0.2) is 18.6 Å². The van der Waals surface area contributed by atoms with Crippen LogP contribution in [0.2, 0.25) is 0 Å². The lowest BCUT2D eigenvalue weighted by Gasteiger charge is -2.36. The minimum atomic E-state index is -0.408. The van der Waals surface area contributed by atoms with Crippen LogP contribution in [0.1, 0.15) is 30.3 Å². The maximum Gasteiger partial charge on any atom is 0.274 e. The molecule has 0 aliphatic carbocycles. The van der Waals surface area contributed by atoms with E-state index in [4.69, 9.17) is 4.74 Å². The monoisotopic (exact) mass is 320 g/mol. The number of aromatic nitrogens is 2. The summed E-state index contributed by atoms with van der Waals surface area (Å²) >= 11 is 0. The largest absolute Gasteiger partial charge is 0.389 e. The zero-order valence-corrected chi connectivity index (χ0v) is 13.5. The molecule has 0 aromatic carbocycles. The first-order valence-corrected chi connectivity index (χ1v) is 8.28. The maximum atomic E-state index is 12.4. The molecule has 7 heteroatoms. The molecular formula is C16H24N4O3. The molecule has 2 saturated heterocycles. The second-order valence-corrected chi connectivity index (χ2v) is 6.13. The van der Waals surface area contributed by atoms with Gasteiger partial charge in [-0.25, -0.2) is 4.98 Å². The van der Waals surface area contributed by atoms with Crippen molar-refractivity contribution < 1.29 is 14.6 Å². The summed E-state index contributed by atoms with van der Waals surface area (Å²) in [6.45, 7) is 5.44. The van der Waals surface area contributed by atoms with Crippen molar-refractivity contribution in [3.8, 4) is 0 Å². The van der Waals surface area contributed by atoms with E-state index >= 15 is 0 Å². The third-order valence-corrected chi connectivity index (χ3v) is 4.70. The minimum absolute atomic E-state index is 0.0507. The van der Waals surface area contributed by atoms with Gasteiger partial charge in [0.15, 0.2) is 0 Å². The van der Waals surface area contributed by atoms with Gasteiger partial charge in [0.25, 0.3) is 5.91 Å². The first-order chi connectivity index (χ1) is 11.2. The Morgan fingerprint density at radius 2 is 2.13 bits per heavy atom. The van der Waals surface area contributed by atoms with Crippen LogP contribution >= 0.6 is 0 Å². The predicted octanol–water partition coefficient (Wildman–Crippen LogP) is 0.163. The number of piperidine rings is 1. The lowest BCUT2D eigenvalue weighted by Crippen LogP contribution is -2.46. The van der Waals surface area contributed by atoms with Crippen LogP contribution in [0.25, 0.3) is 0 Å². The van der Waals surface area contributed by atoms with E-state index in [1.54, 1.807) is 12.4 Å². The van der Waals surface area contributed by atoms with Crippen molar-refractivity contribution >= 4 is 5.91 Å². The number of carbonyl (C=O) groups excluding carboxylic acids is 1. The Balaban J connectivity index is 1.52. The highest BCUT2D eigenvalue weighted by Crippen LogP contribution is 2.23. The van der Waals surface area contributed by atoms with Crippen LogP contribution in [0.3, 0.4) is 0 Å². The number of rotatable bonds is 4. The number of aliphatic hydroxyl groups excluding tert-OH is 1. The molecule has 1 N–H and O–H groups in total. The van der Waals surface area contributed by atoms with E-state index in [1.165, 1.54) is 6.20 Å². The number of hydrogen-bond donors (Lipinski definition) is 1. The molecule has 2 aliphatic heterocycles. The van der Waals surface area contributed by atoms with Crippen LogP contribution < -0.4 is 0 Å². The molecule has 2 fully saturated rings. The molecule has 3 heterocycles. The highest BCUT2D eigenvalue weighted by Gasteiger charge is 2.37. The molecule has 7 nitrogen and oxygen atoms in total.